The number of carbonyl (C=O) groups excluding carboxylic acids is 1. The Kier molecular flexibility index (Phi) is 6.40. The first kappa shape index (κ1) is 22.4. The van der Waals surface area contributed by atoms with Crippen LogP contribution in [0.4, 0.5) is 18.9 Å². The van der Waals surface area contributed by atoms with Gasteiger partial charge in [-0.2, -0.15) is 13.2 Å². The van der Waals surface area contributed by atoms with Gasteiger partial charge in [-0.25, -0.2) is 8.42 Å². The number of sulfonamides is 1. The third kappa shape index (κ3) is 5.88. The normalized spacial score (nSPS) is 12.9. The van der Waals surface area contributed by atoms with E-state index in [0.29, 0.717) is 12.5 Å². The summed E-state index contributed by atoms with van der Waals surface area (Å²) in [5.74, 6) is 0.323. The van der Waals surface area contributed by atoms with Crippen molar-refractivity contribution in [1.29, 1.82) is 0 Å². The molecule has 2 aromatic carbocycles. The third-order valence-electron chi connectivity index (χ3n) is 4.33. The molecular formula is C21H19F3N2O4S. The molecule has 6 nitrogen and oxygen atoms in total. The number of amides is 1. The van der Waals surface area contributed by atoms with Crippen LogP contribution in [0.2, 0.25) is 0 Å². The van der Waals surface area contributed by atoms with Crippen LogP contribution in [0.1, 0.15) is 28.6 Å². The van der Waals surface area contributed by atoms with Crippen molar-refractivity contribution >= 4 is 21.6 Å². The summed E-state index contributed by atoms with van der Waals surface area (Å²) < 4.78 is 70.8. The Balaban J connectivity index is 1.68. The van der Waals surface area contributed by atoms with E-state index in [2.05, 4.69) is 10.0 Å². The zero-order chi connectivity index (χ0) is 22.6. The molecule has 0 fully saturated rings. The highest BCUT2D eigenvalue weighted by atomic mass is 32.2. The van der Waals surface area contributed by atoms with Gasteiger partial charge in [-0.15, -0.1) is 0 Å². The van der Waals surface area contributed by atoms with Crippen LogP contribution in [-0.4, -0.2) is 20.4 Å². The van der Waals surface area contributed by atoms with Gasteiger partial charge in [0, 0.05) is 23.7 Å². The molecule has 2 N–H and O–H groups in total. The Morgan fingerprint density at radius 3 is 2.39 bits per heavy atom. The van der Waals surface area contributed by atoms with E-state index in [1.807, 2.05) is 0 Å². The lowest BCUT2D eigenvalue weighted by atomic mass is 10.1. The van der Waals surface area contributed by atoms with Crippen LogP contribution in [0.5, 0.6) is 0 Å². The first-order chi connectivity index (χ1) is 14.5. The number of anilines is 1. The van der Waals surface area contributed by atoms with E-state index in [-0.39, 0.29) is 22.2 Å². The van der Waals surface area contributed by atoms with Gasteiger partial charge >= 0.3 is 6.18 Å². The standard InChI is InChI=1S/C21H19F3N2O4S/c1-14(12-18-6-3-11-30-18)25-20(27)15-7-9-19(10-8-15)31(28,29)26-17-5-2-4-16(13-17)21(22,23)24/h2-11,13-14,26H,12H2,1H3,(H,25,27). The molecular weight excluding hydrogens is 433 g/mol. The predicted octanol–water partition coefficient (Wildman–Crippen LogP) is 4.46. The molecule has 164 valence electrons. The smallest absolute Gasteiger partial charge is 0.416 e. The van der Waals surface area contributed by atoms with Gasteiger partial charge in [-0.3, -0.25) is 9.52 Å². The molecule has 3 aromatic rings. The summed E-state index contributed by atoms with van der Waals surface area (Å²) in [6, 6.07) is 12.3. The average Bonchev–Trinajstić information content (AvgIpc) is 3.20. The molecule has 31 heavy (non-hydrogen) atoms. The Morgan fingerprint density at radius 2 is 1.77 bits per heavy atom. The van der Waals surface area contributed by atoms with Crippen LogP contribution in [0, 0.1) is 0 Å². The molecule has 1 aromatic heterocycles. The number of halogens is 3. The molecule has 1 amide bonds. The summed E-state index contributed by atoms with van der Waals surface area (Å²) in [7, 11) is -4.14. The highest BCUT2D eigenvalue weighted by Crippen LogP contribution is 2.31. The zero-order valence-electron chi connectivity index (χ0n) is 16.3. The lowest BCUT2D eigenvalue weighted by molar-refractivity contribution is -0.137. The Labute approximate surface area is 177 Å². The molecule has 0 saturated carbocycles. The van der Waals surface area contributed by atoms with E-state index in [0.717, 1.165) is 17.9 Å². The first-order valence-corrected chi connectivity index (χ1v) is 10.7. The summed E-state index contributed by atoms with van der Waals surface area (Å²) in [6.07, 6.45) is -2.56. The number of alkyl halides is 3. The summed E-state index contributed by atoms with van der Waals surface area (Å²) in [5.41, 5.74) is -0.948. The topological polar surface area (TPSA) is 88.4 Å². The minimum Gasteiger partial charge on any atom is -0.469 e. The van der Waals surface area contributed by atoms with Crippen molar-refractivity contribution in [3.8, 4) is 0 Å². The fourth-order valence-electron chi connectivity index (χ4n) is 2.85. The van der Waals surface area contributed by atoms with Crippen LogP contribution in [-0.2, 0) is 22.6 Å². The molecule has 0 aliphatic heterocycles. The Bertz CT molecular complexity index is 1140. The van der Waals surface area contributed by atoms with Gasteiger partial charge in [0.2, 0.25) is 0 Å². The van der Waals surface area contributed by atoms with E-state index >= 15 is 0 Å². The fraction of sp³-hybridized carbons (Fsp3) is 0.190. The van der Waals surface area contributed by atoms with Crippen molar-refractivity contribution in [3.63, 3.8) is 0 Å². The van der Waals surface area contributed by atoms with Gasteiger partial charge < -0.3 is 9.73 Å². The Hall–Kier alpha value is -3.27. The number of furan rings is 1. The van der Waals surface area contributed by atoms with Crippen LogP contribution in [0.15, 0.2) is 76.2 Å². The second-order valence-corrected chi connectivity index (χ2v) is 8.55. The summed E-state index contributed by atoms with van der Waals surface area (Å²) in [6.45, 7) is 1.80. The molecule has 10 heteroatoms. The second kappa shape index (κ2) is 8.84. The van der Waals surface area contributed by atoms with Gasteiger partial charge in [-0.1, -0.05) is 6.07 Å². The van der Waals surface area contributed by atoms with E-state index in [1.165, 1.54) is 36.6 Å². The van der Waals surface area contributed by atoms with Gasteiger partial charge in [0.05, 0.1) is 16.7 Å². The largest absolute Gasteiger partial charge is 0.469 e. The van der Waals surface area contributed by atoms with Crippen LogP contribution in [0.25, 0.3) is 0 Å². The minimum absolute atomic E-state index is 0.190. The first-order valence-electron chi connectivity index (χ1n) is 9.18. The maximum absolute atomic E-state index is 12.8. The quantitative estimate of drug-likeness (QED) is 0.554. The molecule has 0 spiro atoms. The van der Waals surface area contributed by atoms with Gasteiger partial charge in [0.1, 0.15) is 5.76 Å². The minimum atomic E-state index is -4.59. The molecule has 1 atom stereocenters. The van der Waals surface area contributed by atoms with E-state index in [9.17, 15) is 26.4 Å². The fourth-order valence-corrected chi connectivity index (χ4v) is 3.90. The van der Waals surface area contributed by atoms with Gasteiger partial charge in [0.15, 0.2) is 0 Å². The van der Waals surface area contributed by atoms with Crippen molar-refractivity contribution < 1.29 is 30.8 Å². The predicted molar refractivity (Wildman–Crippen MR) is 108 cm³/mol. The van der Waals surface area contributed by atoms with Gasteiger partial charge in [0.25, 0.3) is 15.9 Å². The van der Waals surface area contributed by atoms with Crippen LogP contribution >= 0.6 is 0 Å². The number of carbonyl (C=O) groups is 1. The maximum Gasteiger partial charge on any atom is 0.416 e. The number of hydrogen-bond acceptors (Lipinski definition) is 4. The lowest BCUT2D eigenvalue weighted by Crippen LogP contribution is -2.34. The zero-order valence-corrected chi connectivity index (χ0v) is 17.1. The maximum atomic E-state index is 12.8. The average molecular weight is 452 g/mol. The number of rotatable bonds is 7. The molecule has 0 aliphatic carbocycles. The molecule has 0 aliphatic rings. The van der Waals surface area contributed by atoms with Crippen LogP contribution in [0.3, 0.4) is 0 Å². The number of hydrogen-bond donors (Lipinski definition) is 2. The van der Waals surface area contributed by atoms with Crippen molar-refractivity contribution in [2.45, 2.75) is 30.5 Å². The summed E-state index contributed by atoms with van der Waals surface area (Å²) >= 11 is 0. The molecule has 0 bridgehead atoms. The molecule has 1 heterocycles. The monoisotopic (exact) mass is 452 g/mol. The summed E-state index contributed by atoms with van der Waals surface area (Å²) in [5, 5.41) is 2.78. The summed E-state index contributed by atoms with van der Waals surface area (Å²) in [4.78, 5) is 12.2. The number of nitrogens with one attached hydrogen (secondary N) is 2. The van der Waals surface area contributed by atoms with E-state index in [4.69, 9.17) is 4.42 Å². The highest BCUT2D eigenvalue weighted by Gasteiger charge is 2.30. The SMILES string of the molecule is CC(Cc1ccco1)NC(=O)c1ccc(S(=O)(=O)Nc2cccc(C(F)(F)F)c2)cc1. The third-order valence-corrected chi connectivity index (χ3v) is 5.73. The second-order valence-electron chi connectivity index (χ2n) is 6.87. The molecule has 0 radical (unpaired) electrons. The van der Waals surface area contributed by atoms with Crippen molar-refractivity contribution in [2.75, 3.05) is 4.72 Å². The Morgan fingerprint density at radius 1 is 1.06 bits per heavy atom. The van der Waals surface area contributed by atoms with Crippen LogP contribution < -0.4 is 10.0 Å². The van der Waals surface area contributed by atoms with Crippen molar-refractivity contribution in [3.05, 3.63) is 83.8 Å². The van der Waals surface area contributed by atoms with Crippen molar-refractivity contribution in [1.82, 2.24) is 5.32 Å². The van der Waals surface area contributed by atoms with E-state index in [1.54, 1.807) is 19.1 Å². The highest BCUT2D eigenvalue weighted by molar-refractivity contribution is 7.92. The van der Waals surface area contributed by atoms with Crippen molar-refractivity contribution in [2.24, 2.45) is 0 Å². The van der Waals surface area contributed by atoms with E-state index < -0.39 is 27.7 Å². The molecule has 0 saturated heterocycles. The molecule has 3 rings (SSSR count). The van der Waals surface area contributed by atoms with Gasteiger partial charge in [-0.05, 0) is 61.5 Å². The lowest BCUT2D eigenvalue weighted by Gasteiger charge is -2.13. The molecule has 1 unspecified atom stereocenters. The number of benzene rings is 2.